The number of carbonyl (C=O) groups is 1. The van der Waals surface area contributed by atoms with Crippen molar-refractivity contribution in [2.45, 2.75) is 46.4 Å². The molecule has 0 bridgehead atoms. The van der Waals surface area contributed by atoms with Crippen molar-refractivity contribution < 1.29 is 9.53 Å². The van der Waals surface area contributed by atoms with Gasteiger partial charge in [0.15, 0.2) is 0 Å². The van der Waals surface area contributed by atoms with Gasteiger partial charge in [-0.1, -0.05) is 6.92 Å². The summed E-state index contributed by atoms with van der Waals surface area (Å²) < 4.78 is 5.69. The smallest absolute Gasteiger partial charge is 0.226 e. The molecule has 5 nitrogen and oxygen atoms in total. The normalized spacial score (nSPS) is 31.6. The summed E-state index contributed by atoms with van der Waals surface area (Å²) in [6, 6.07) is 0. The third-order valence-electron chi connectivity index (χ3n) is 3.93. The molecule has 0 radical (unpaired) electrons. The van der Waals surface area contributed by atoms with Gasteiger partial charge in [0.25, 0.3) is 0 Å². The number of aromatic amines is 1. The monoisotopic (exact) mass is 251 g/mol. The van der Waals surface area contributed by atoms with Crippen molar-refractivity contribution in [1.29, 1.82) is 0 Å². The average Bonchev–Trinajstić information content (AvgIpc) is 2.81. The number of ether oxygens (including phenoxy) is 1. The summed E-state index contributed by atoms with van der Waals surface area (Å²) in [5.74, 6) is 0.262. The first kappa shape index (κ1) is 13.1. The Hall–Kier alpha value is -1.36. The lowest BCUT2D eigenvalue weighted by Gasteiger charge is -2.17. The molecular weight excluding hydrogens is 230 g/mol. The largest absolute Gasteiger partial charge is 0.374 e. The van der Waals surface area contributed by atoms with E-state index in [1.807, 2.05) is 20.8 Å². The molecule has 1 aromatic heterocycles. The van der Waals surface area contributed by atoms with Crippen LogP contribution in [0.15, 0.2) is 6.20 Å². The van der Waals surface area contributed by atoms with Crippen LogP contribution in [-0.2, 0) is 16.1 Å². The molecule has 0 spiro atoms. The van der Waals surface area contributed by atoms with Gasteiger partial charge in [-0.15, -0.1) is 0 Å². The van der Waals surface area contributed by atoms with Crippen LogP contribution in [0.3, 0.4) is 0 Å². The number of nitrogens with zero attached hydrogens (tertiary/aromatic N) is 1. The van der Waals surface area contributed by atoms with Crippen LogP contribution in [0.2, 0.25) is 0 Å². The van der Waals surface area contributed by atoms with Crippen LogP contribution in [0.1, 0.15) is 32.0 Å². The zero-order valence-electron chi connectivity index (χ0n) is 11.4. The standard InChI is InChI=1S/C13H21N3O2/c1-7-9(3)18-10(4)12(7)13(17)14-5-11-6-15-16-8(11)2/h6-7,9-10,12H,5H2,1-4H3,(H,14,17)(H,15,16). The molecule has 1 aliphatic heterocycles. The first-order valence-electron chi connectivity index (χ1n) is 6.42. The fourth-order valence-corrected chi connectivity index (χ4v) is 2.57. The Morgan fingerprint density at radius 2 is 2.17 bits per heavy atom. The average molecular weight is 251 g/mol. The summed E-state index contributed by atoms with van der Waals surface area (Å²) in [6.45, 7) is 8.52. The van der Waals surface area contributed by atoms with Crippen molar-refractivity contribution in [3.05, 3.63) is 17.5 Å². The van der Waals surface area contributed by atoms with E-state index in [-0.39, 0.29) is 30.0 Å². The molecule has 0 saturated carbocycles. The van der Waals surface area contributed by atoms with E-state index in [0.717, 1.165) is 11.3 Å². The molecule has 2 heterocycles. The van der Waals surface area contributed by atoms with Crippen LogP contribution in [0.4, 0.5) is 0 Å². The van der Waals surface area contributed by atoms with Gasteiger partial charge >= 0.3 is 0 Å². The number of aromatic nitrogens is 2. The molecule has 4 unspecified atom stereocenters. The molecule has 1 aromatic rings. The van der Waals surface area contributed by atoms with E-state index < -0.39 is 0 Å². The first-order valence-corrected chi connectivity index (χ1v) is 6.42. The molecule has 0 aliphatic carbocycles. The fourth-order valence-electron chi connectivity index (χ4n) is 2.57. The number of H-pyrrole nitrogens is 1. The van der Waals surface area contributed by atoms with E-state index in [4.69, 9.17) is 4.74 Å². The number of amides is 1. The zero-order chi connectivity index (χ0) is 13.3. The molecule has 1 aliphatic rings. The van der Waals surface area contributed by atoms with Crippen LogP contribution in [0.25, 0.3) is 0 Å². The minimum atomic E-state index is -0.0628. The lowest BCUT2D eigenvalue weighted by atomic mass is 9.89. The van der Waals surface area contributed by atoms with Crippen LogP contribution >= 0.6 is 0 Å². The van der Waals surface area contributed by atoms with Crippen LogP contribution in [0, 0.1) is 18.8 Å². The predicted octanol–water partition coefficient (Wildman–Crippen LogP) is 1.39. The summed E-state index contributed by atoms with van der Waals surface area (Å²) >= 11 is 0. The summed E-state index contributed by atoms with van der Waals surface area (Å²) in [7, 11) is 0. The van der Waals surface area contributed by atoms with E-state index in [2.05, 4.69) is 22.4 Å². The lowest BCUT2D eigenvalue weighted by Crippen LogP contribution is -2.36. The third-order valence-corrected chi connectivity index (χ3v) is 3.93. The van der Waals surface area contributed by atoms with Crippen molar-refractivity contribution in [3.8, 4) is 0 Å². The van der Waals surface area contributed by atoms with Gasteiger partial charge in [0.1, 0.15) is 0 Å². The second kappa shape index (κ2) is 5.10. The maximum Gasteiger partial charge on any atom is 0.226 e. The topological polar surface area (TPSA) is 67.0 Å². The fraction of sp³-hybridized carbons (Fsp3) is 0.692. The molecule has 2 N–H and O–H groups in total. The third kappa shape index (κ3) is 2.41. The van der Waals surface area contributed by atoms with Gasteiger partial charge in [-0.05, 0) is 26.7 Å². The Balaban J connectivity index is 1.94. The second-order valence-electron chi connectivity index (χ2n) is 5.17. The Labute approximate surface area is 107 Å². The highest BCUT2D eigenvalue weighted by Crippen LogP contribution is 2.32. The van der Waals surface area contributed by atoms with E-state index in [1.54, 1.807) is 6.20 Å². The Morgan fingerprint density at radius 1 is 1.44 bits per heavy atom. The van der Waals surface area contributed by atoms with E-state index >= 15 is 0 Å². The molecule has 4 atom stereocenters. The minimum Gasteiger partial charge on any atom is -0.374 e. The number of rotatable bonds is 3. The Kier molecular flexibility index (Phi) is 3.71. The highest BCUT2D eigenvalue weighted by molar-refractivity contribution is 5.79. The SMILES string of the molecule is Cc1[nH]ncc1CNC(=O)C1C(C)OC(C)C1C. The molecule has 100 valence electrons. The lowest BCUT2D eigenvalue weighted by molar-refractivity contribution is -0.127. The highest BCUT2D eigenvalue weighted by Gasteiger charge is 2.41. The second-order valence-corrected chi connectivity index (χ2v) is 5.17. The highest BCUT2D eigenvalue weighted by atomic mass is 16.5. The van der Waals surface area contributed by atoms with Gasteiger partial charge in [-0.3, -0.25) is 9.89 Å². The molecule has 0 aromatic carbocycles. The number of nitrogens with one attached hydrogen (secondary N) is 2. The molecule has 1 amide bonds. The van der Waals surface area contributed by atoms with Gasteiger partial charge < -0.3 is 10.1 Å². The van der Waals surface area contributed by atoms with Gasteiger partial charge in [0.05, 0.1) is 24.3 Å². The minimum absolute atomic E-state index is 0.0135. The van der Waals surface area contributed by atoms with Gasteiger partial charge in [-0.2, -0.15) is 5.10 Å². The molecule has 18 heavy (non-hydrogen) atoms. The van der Waals surface area contributed by atoms with Crippen molar-refractivity contribution in [1.82, 2.24) is 15.5 Å². The molecule has 1 saturated heterocycles. The number of carbonyl (C=O) groups excluding carboxylic acids is 1. The van der Waals surface area contributed by atoms with Gasteiger partial charge in [0, 0.05) is 17.8 Å². The maximum atomic E-state index is 12.2. The van der Waals surface area contributed by atoms with Crippen LogP contribution in [-0.4, -0.2) is 28.3 Å². The van der Waals surface area contributed by atoms with Crippen molar-refractivity contribution in [2.24, 2.45) is 11.8 Å². The number of hydrogen-bond donors (Lipinski definition) is 2. The van der Waals surface area contributed by atoms with Gasteiger partial charge in [0.2, 0.25) is 5.91 Å². The summed E-state index contributed by atoms with van der Waals surface area (Å²) in [5.41, 5.74) is 2.02. The van der Waals surface area contributed by atoms with Crippen molar-refractivity contribution in [2.75, 3.05) is 0 Å². The zero-order valence-corrected chi connectivity index (χ0v) is 11.4. The summed E-state index contributed by atoms with van der Waals surface area (Å²) in [5, 5.41) is 9.77. The van der Waals surface area contributed by atoms with Crippen LogP contribution < -0.4 is 5.32 Å². The number of aryl methyl sites for hydroxylation is 1. The molecule has 1 fully saturated rings. The van der Waals surface area contributed by atoms with E-state index in [9.17, 15) is 4.79 Å². The quantitative estimate of drug-likeness (QED) is 0.853. The molecule has 2 rings (SSSR count). The summed E-state index contributed by atoms with van der Waals surface area (Å²) in [6.07, 6.45) is 1.88. The first-order chi connectivity index (χ1) is 8.50. The summed E-state index contributed by atoms with van der Waals surface area (Å²) in [4.78, 5) is 12.2. The van der Waals surface area contributed by atoms with E-state index in [1.165, 1.54) is 0 Å². The number of hydrogen-bond acceptors (Lipinski definition) is 3. The van der Waals surface area contributed by atoms with Crippen molar-refractivity contribution >= 4 is 5.91 Å². The van der Waals surface area contributed by atoms with Crippen molar-refractivity contribution in [3.63, 3.8) is 0 Å². The maximum absolute atomic E-state index is 12.2. The van der Waals surface area contributed by atoms with Gasteiger partial charge in [-0.25, -0.2) is 0 Å². The Bertz CT molecular complexity index is 430. The van der Waals surface area contributed by atoms with E-state index in [0.29, 0.717) is 6.54 Å². The molecule has 5 heteroatoms. The van der Waals surface area contributed by atoms with Crippen LogP contribution in [0.5, 0.6) is 0 Å². The predicted molar refractivity (Wildman–Crippen MR) is 67.8 cm³/mol. The Morgan fingerprint density at radius 3 is 2.67 bits per heavy atom. The molecular formula is C13H21N3O2.